The summed E-state index contributed by atoms with van der Waals surface area (Å²) >= 11 is 6.10. The van der Waals surface area contributed by atoms with Crippen LogP contribution in [0.15, 0.2) is 18.2 Å². The minimum atomic E-state index is -0.310. The van der Waals surface area contributed by atoms with Gasteiger partial charge in [-0.15, -0.1) is 0 Å². The third kappa shape index (κ3) is 3.44. The molecule has 0 radical (unpaired) electrons. The van der Waals surface area contributed by atoms with Gasteiger partial charge in [-0.05, 0) is 38.0 Å². The van der Waals surface area contributed by atoms with E-state index >= 15 is 0 Å². The summed E-state index contributed by atoms with van der Waals surface area (Å²) in [7, 11) is 0. The van der Waals surface area contributed by atoms with E-state index in [0.717, 1.165) is 55.4 Å². The third-order valence-corrected chi connectivity index (χ3v) is 4.40. The van der Waals surface area contributed by atoms with Gasteiger partial charge in [0.1, 0.15) is 5.75 Å². The molecule has 2 aliphatic rings. The molecule has 1 heterocycles. The van der Waals surface area contributed by atoms with E-state index in [4.69, 9.17) is 25.8 Å². The highest BCUT2D eigenvalue weighted by Gasteiger charge is 2.40. The second-order valence-corrected chi connectivity index (χ2v) is 6.04. The molecule has 1 aromatic rings. The molecule has 0 amide bonds. The van der Waals surface area contributed by atoms with Gasteiger partial charge in [0, 0.05) is 23.9 Å². The largest absolute Gasteiger partial charge is 0.492 e. The number of nitrogens with one attached hydrogen (secondary N) is 1. The van der Waals surface area contributed by atoms with Crippen molar-refractivity contribution in [2.75, 3.05) is 25.1 Å². The molecule has 1 aromatic carbocycles. The fourth-order valence-electron chi connectivity index (χ4n) is 3.10. The summed E-state index contributed by atoms with van der Waals surface area (Å²) in [6, 6.07) is 6.11. The fraction of sp³-hybridized carbons (Fsp3) is 0.625. The van der Waals surface area contributed by atoms with Gasteiger partial charge in [-0.3, -0.25) is 0 Å². The Morgan fingerprint density at radius 1 is 1.29 bits per heavy atom. The van der Waals surface area contributed by atoms with E-state index in [2.05, 4.69) is 5.32 Å². The Hall–Kier alpha value is -0.970. The molecule has 0 bridgehead atoms. The van der Waals surface area contributed by atoms with Crippen molar-refractivity contribution in [3.8, 4) is 5.75 Å². The number of benzene rings is 1. The second-order valence-electron chi connectivity index (χ2n) is 5.60. The van der Waals surface area contributed by atoms with Gasteiger partial charge in [-0.1, -0.05) is 11.6 Å². The molecule has 0 unspecified atom stereocenters. The van der Waals surface area contributed by atoms with Crippen LogP contribution < -0.4 is 10.1 Å². The van der Waals surface area contributed by atoms with Crippen LogP contribution in [0.3, 0.4) is 0 Å². The SMILES string of the molecule is CCOc1ccc(Cl)cc1NC1CCC2(CC1)OCCO2. The van der Waals surface area contributed by atoms with E-state index in [-0.39, 0.29) is 5.79 Å². The summed E-state index contributed by atoms with van der Waals surface area (Å²) < 4.78 is 17.2. The summed E-state index contributed by atoms with van der Waals surface area (Å²) in [4.78, 5) is 0. The number of hydrogen-bond acceptors (Lipinski definition) is 4. The van der Waals surface area contributed by atoms with Crippen molar-refractivity contribution in [1.82, 2.24) is 0 Å². The number of halogens is 1. The van der Waals surface area contributed by atoms with Crippen molar-refractivity contribution in [3.63, 3.8) is 0 Å². The first kappa shape index (κ1) is 14.9. The van der Waals surface area contributed by atoms with Crippen LogP contribution in [-0.4, -0.2) is 31.6 Å². The van der Waals surface area contributed by atoms with Crippen molar-refractivity contribution in [2.45, 2.75) is 44.4 Å². The zero-order chi connectivity index (χ0) is 14.7. The normalized spacial score (nSPS) is 21.6. The monoisotopic (exact) mass is 311 g/mol. The maximum Gasteiger partial charge on any atom is 0.168 e. The Balaban J connectivity index is 1.63. The maximum atomic E-state index is 6.10. The highest BCUT2D eigenvalue weighted by atomic mass is 35.5. The molecule has 4 nitrogen and oxygen atoms in total. The molecule has 3 rings (SSSR count). The molecule has 0 aromatic heterocycles. The minimum Gasteiger partial charge on any atom is -0.492 e. The number of ether oxygens (including phenoxy) is 3. The lowest BCUT2D eigenvalue weighted by atomic mass is 9.90. The van der Waals surface area contributed by atoms with Crippen LogP contribution >= 0.6 is 11.6 Å². The van der Waals surface area contributed by atoms with E-state index in [9.17, 15) is 0 Å². The first-order valence-electron chi connectivity index (χ1n) is 7.67. The highest BCUT2D eigenvalue weighted by Crippen LogP contribution is 2.38. The van der Waals surface area contributed by atoms with Gasteiger partial charge in [0.05, 0.1) is 25.5 Å². The summed E-state index contributed by atoms with van der Waals surface area (Å²) in [6.45, 7) is 4.07. The summed E-state index contributed by atoms with van der Waals surface area (Å²) in [6.07, 6.45) is 3.93. The van der Waals surface area contributed by atoms with Crippen molar-refractivity contribution in [1.29, 1.82) is 0 Å². The van der Waals surface area contributed by atoms with Crippen molar-refractivity contribution in [2.24, 2.45) is 0 Å². The lowest BCUT2D eigenvalue weighted by Crippen LogP contribution is -2.39. The van der Waals surface area contributed by atoms with Crippen molar-refractivity contribution in [3.05, 3.63) is 23.2 Å². The van der Waals surface area contributed by atoms with Gasteiger partial charge >= 0.3 is 0 Å². The molecule has 1 spiro atoms. The van der Waals surface area contributed by atoms with Gasteiger partial charge in [0.25, 0.3) is 0 Å². The Morgan fingerprint density at radius 3 is 2.67 bits per heavy atom. The van der Waals surface area contributed by atoms with Crippen LogP contribution in [0, 0.1) is 0 Å². The average Bonchev–Trinajstić information content (AvgIpc) is 2.93. The maximum absolute atomic E-state index is 6.10. The van der Waals surface area contributed by atoms with E-state index in [0.29, 0.717) is 12.6 Å². The molecule has 116 valence electrons. The first-order chi connectivity index (χ1) is 10.2. The van der Waals surface area contributed by atoms with Crippen molar-refractivity contribution >= 4 is 17.3 Å². The quantitative estimate of drug-likeness (QED) is 0.917. The van der Waals surface area contributed by atoms with Gasteiger partial charge in [0.15, 0.2) is 5.79 Å². The molecule has 0 atom stereocenters. The molecular weight excluding hydrogens is 290 g/mol. The summed E-state index contributed by atoms with van der Waals surface area (Å²) in [5.74, 6) is 0.547. The van der Waals surface area contributed by atoms with Gasteiger partial charge < -0.3 is 19.5 Å². The average molecular weight is 312 g/mol. The minimum absolute atomic E-state index is 0.310. The van der Waals surface area contributed by atoms with Gasteiger partial charge in [-0.2, -0.15) is 0 Å². The number of rotatable bonds is 4. The van der Waals surface area contributed by atoms with E-state index < -0.39 is 0 Å². The Morgan fingerprint density at radius 2 is 2.00 bits per heavy atom. The van der Waals surface area contributed by atoms with Crippen LogP contribution in [0.2, 0.25) is 5.02 Å². The number of hydrogen-bond donors (Lipinski definition) is 1. The summed E-state index contributed by atoms with van der Waals surface area (Å²) in [5, 5.41) is 4.28. The topological polar surface area (TPSA) is 39.7 Å². The standard InChI is InChI=1S/C16H22ClNO3/c1-2-19-15-4-3-12(17)11-14(15)18-13-5-7-16(8-6-13)20-9-10-21-16/h3-4,11,13,18H,2,5-10H2,1H3. The predicted molar refractivity (Wildman–Crippen MR) is 83.1 cm³/mol. The number of anilines is 1. The summed E-state index contributed by atoms with van der Waals surface area (Å²) in [5.41, 5.74) is 0.971. The molecule has 1 aliphatic carbocycles. The Labute approximate surface area is 130 Å². The molecule has 1 N–H and O–H groups in total. The molecule has 5 heteroatoms. The Bertz CT molecular complexity index is 478. The molecule has 21 heavy (non-hydrogen) atoms. The molecule has 1 saturated heterocycles. The fourth-order valence-corrected chi connectivity index (χ4v) is 3.28. The second kappa shape index (κ2) is 6.42. The lowest BCUT2D eigenvalue weighted by molar-refractivity contribution is -0.177. The third-order valence-electron chi connectivity index (χ3n) is 4.16. The Kier molecular flexibility index (Phi) is 4.57. The zero-order valence-electron chi connectivity index (χ0n) is 12.4. The highest BCUT2D eigenvalue weighted by molar-refractivity contribution is 6.30. The smallest absolute Gasteiger partial charge is 0.168 e. The van der Waals surface area contributed by atoms with E-state index in [1.54, 1.807) is 0 Å². The van der Waals surface area contributed by atoms with Gasteiger partial charge in [0.2, 0.25) is 0 Å². The van der Waals surface area contributed by atoms with Crippen LogP contribution in [0.5, 0.6) is 5.75 Å². The molecule has 2 fully saturated rings. The molecular formula is C16H22ClNO3. The predicted octanol–water partition coefficient (Wildman–Crippen LogP) is 3.84. The van der Waals surface area contributed by atoms with Crippen LogP contribution in [0.1, 0.15) is 32.6 Å². The van der Waals surface area contributed by atoms with Gasteiger partial charge in [-0.25, -0.2) is 0 Å². The first-order valence-corrected chi connectivity index (χ1v) is 8.05. The molecule has 1 aliphatic heterocycles. The van der Waals surface area contributed by atoms with Crippen LogP contribution in [-0.2, 0) is 9.47 Å². The molecule has 1 saturated carbocycles. The lowest BCUT2D eigenvalue weighted by Gasteiger charge is -2.36. The zero-order valence-corrected chi connectivity index (χ0v) is 13.1. The van der Waals surface area contributed by atoms with E-state index in [1.165, 1.54) is 0 Å². The van der Waals surface area contributed by atoms with E-state index in [1.807, 2.05) is 25.1 Å². The van der Waals surface area contributed by atoms with Crippen LogP contribution in [0.4, 0.5) is 5.69 Å². The van der Waals surface area contributed by atoms with Crippen molar-refractivity contribution < 1.29 is 14.2 Å². The van der Waals surface area contributed by atoms with Crippen LogP contribution in [0.25, 0.3) is 0 Å².